The van der Waals surface area contributed by atoms with E-state index >= 15 is 0 Å². The molecule has 0 bridgehead atoms. The van der Waals surface area contributed by atoms with E-state index in [4.69, 9.17) is 9.47 Å². The van der Waals surface area contributed by atoms with E-state index in [1.165, 1.54) is 0 Å². The standard InChI is InChI=1S/C27H35NO6S/c1-17-11-13-20(14-12-17)21-19(3)24-23(28-35(31,32)16-10-8-7-9-15-33-24)18(2)22(21)25(26(29)30)34-27(4,5)6/h10-14,16,25,28H,7-9,15H2,1-6H3,(H,29,30)/b16-10+/t25-/m0/s1. The molecule has 35 heavy (non-hydrogen) atoms. The summed E-state index contributed by atoms with van der Waals surface area (Å²) >= 11 is 0. The second-order valence-electron chi connectivity index (χ2n) is 9.92. The molecule has 0 spiro atoms. The lowest BCUT2D eigenvalue weighted by Gasteiger charge is -2.30. The summed E-state index contributed by atoms with van der Waals surface area (Å²) in [6, 6.07) is 7.78. The number of hydrogen-bond donors (Lipinski definition) is 2. The van der Waals surface area contributed by atoms with Gasteiger partial charge in [-0.15, -0.1) is 0 Å². The van der Waals surface area contributed by atoms with Crippen molar-refractivity contribution < 1.29 is 27.8 Å². The lowest BCUT2D eigenvalue weighted by Crippen LogP contribution is -2.29. The van der Waals surface area contributed by atoms with Crippen LogP contribution in [-0.4, -0.2) is 31.7 Å². The number of sulfonamides is 1. The van der Waals surface area contributed by atoms with E-state index in [1.54, 1.807) is 33.8 Å². The predicted molar refractivity (Wildman–Crippen MR) is 138 cm³/mol. The first kappa shape index (κ1) is 26.8. The van der Waals surface area contributed by atoms with E-state index in [1.807, 2.05) is 38.1 Å². The number of allylic oxidation sites excluding steroid dienone is 1. The van der Waals surface area contributed by atoms with Crippen LogP contribution in [-0.2, 0) is 19.6 Å². The Bertz CT molecular complexity index is 1220. The van der Waals surface area contributed by atoms with Crippen molar-refractivity contribution >= 4 is 21.7 Å². The number of ether oxygens (including phenoxy) is 2. The highest BCUT2D eigenvalue weighted by Crippen LogP contribution is 2.47. The van der Waals surface area contributed by atoms with E-state index in [0.29, 0.717) is 41.0 Å². The number of aliphatic carboxylic acids is 1. The number of fused-ring (bicyclic) bond motifs is 1. The second-order valence-corrected chi connectivity index (χ2v) is 11.5. The summed E-state index contributed by atoms with van der Waals surface area (Å²) in [7, 11) is -3.83. The summed E-state index contributed by atoms with van der Waals surface area (Å²) in [6.45, 7) is 11.3. The van der Waals surface area contributed by atoms with Gasteiger partial charge in [-0.05, 0) is 77.5 Å². The maximum absolute atomic E-state index is 12.9. The smallest absolute Gasteiger partial charge is 0.337 e. The fraction of sp³-hybridized carbons (Fsp3) is 0.444. The zero-order chi connectivity index (χ0) is 26.0. The molecule has 1 atom stereocenters. The van der Waals surface area contributed by atoms with Crippen molar-refractivity contribution in [1.29, 1.82) is 0 Å². The molecule has 2 aromatic carbocycles. The van der Waals surface area contributed by atoms with Crippen molar-refractivity contribution in [2.75, 3.05) is 11.3 Å². The number of carboxylic acid groups (broad SMARTS) is 1. The highest BCUT2D eigenvalue weighted by Gasteiger charge is 2.34. The van der Waals surface area contributed by atoms with Gasteiger partial charge in [0.2, 0.25) is 0 Å². The summed E-state index contributed by atoms with van der Waals surface area (Å²) in [5, 5.41) is 11.4. The largest absolute Gasteiger partial charge is 0.491 e. The third-order valence-electron chi connectivity index (χ3n) is 5.82. The van der Waals surface area contributed by atoms with E-state index in [0.717, 1.165) is 29.4 Å². The second kappa shape index (κ2) is 10.4. The Kier molecular flexibility index (Phi) is 7.97. The molecule has 0 saturated heterocycles. The highest BCUT2D eigenvalue weighted by molar-refractivity contribution is 7.95. The van der Waals surface area contributed by atoms with Crippen LogP contribution in [0.1, 0.15) is 68.4 Å². The first-order valence-electron chi connectivity index (χ1n) is 11.8. The number of carboxylic acids is 1. The van der Waals surface area contributed by atoms with Crippen molar-refractivity contribution in [2.45, 2.75) is 72.5 Å². The lowest BCUT2D eigenvalue weighted by atomic mass is 9.86. The number of rotatable bonds is 4. The molecule has 1 aliphatic heterocycles. The van der Waals surface area contributed by atoms with Crippen LogP contribution in [0.2, 0.25) is 0 Å². The number of nitrogens with one attached hydrogen (secondary N) is 1. The molecule has 0 unspecified atom stereocenters. The van der Waals surface area contributed by atoms with Gasteiger partial charge in [-0.1, -0.05) is 35.9 Å². The van der Waals surface area contributed by atoms with Crippen molar-refractivity contribution in [1.82, 2.24) is 0 Å². The molecule has 0 fully saturated rings. The Morgan fingerprint density at radius 2 is 1.74 bits per heavy atom. The van der Waals surface area contributed by atoms with Crippen molar-refractivity contribution in [2.24, 2.45) is 0 Å². The molecule has 2 aromatic rings. The average Bonchev–Trinajstić information content (AvgIpc) is 2.78. The Balaban J connectivity index is 2.41. The first-order valence-corrected chi connectivity index (χ1v) is 13.3. The molecule has 0 radical (unpaired) electrons. The molecule has 0 amide bonds. The van der Waals surface area contributed by atoms with Gasteiger partial charge in [0.05, 0.1) is 17.9 Å². The summed E-state index contributed by atoms with van der Waals surface area (Å²) in [6.07, 6.45) is 2.48. The van der Waals surface area contributed by atoms with Gasteiger partial charge in [-0.3, -0.25) is 4.72 Å². The third kappa shape index (κ3) is 6.44. The van der Waals surface area contributed by atoms with Crippen LogP contribution < -0.4 is 9.46 Å². The van der Waals surface area contributed by atoms with E-state index < -0.39 is 27.7 Å². The molecule has 8 heteroatoms. The van der Waals surface area contributed by atoms with Crippen molar-refractivity contribution in [3.63, 3.8) is 0 Å². The molecule has 1 aliphatic rings. The monoisotopic (exact) mass is 501 g/mol. The van der Waals surface area contributed by atoms with Gasteiger partial charge < -0.3 is 14.6 Å². The average molecular weight is 502 g/mol. The van der Waals surface area contributed by atoms with Crippen LogP contribution in [0.25, 0.3) is 11.1 Å². The fourth-order valence-electron chi connectivity index (χ4n) is 4.21. The summed E-state index contributed by atoms with van der Waals surface area (Å²) in [5.74, 6) is -0.753. The minimum atomic E-state index is -3.83. The minimum absolute atomic E-state index is 0.240. The van der Waals surface area contributed by atoms with Gasteiger partial charge in [0.15, 0.2) is 6.10 Å². The van der Waals surface area contributed by atoms with E-state index in [2.05, 4.69) is 4.72 Å². The number of anilines is 1. The minimum Gasteiger partial charge on any atom is -0.491 e. The van der Waals surface area contributed by atoms with Crippen LogP contribution >= 0.6 is 0 Å². The van der Waals surface area contributed by atoms with E-state index in [9.17, 15) is 18.3 Å². The van der Waals surface area contributed by atoms with Gasteiger partial charge >= 0.3 is 5.97 Å². The maximum atomic E-state index is 12.9. The number of carbonyl (C=O) groups is 1. The Labute approximate surface area is 208 Å². The fourth-order valence-corrected chi connectivity index (χ4v) is 5.20. The zero-order valence-electron chi connectivity index (χ0n) is 21.3. The molecule has 2 N–H and O–H groups in total. The molecule has 1 heterocycles. The number of hydrogen-bond acceptors (Lipinski definition) is 5. The van der Waals surface area contributed by atoms with Crippen LogP contribution in [0.15, 0.2) is 35.7 Å². The molecule has 0 aliphatic carbocycles. The number of aryl methyl sites for hydroxylation is 1. The van der Waals surface area contributed by atoms with Gasteiger partial charge in [-0.2, -0.15) is 0 Å². The summed E-state index contributed by atoms with van der Waals surface area (Å²) in [5.41, 5.74) is 3.52. The van der Waals surface area contributed by atoms with Crippen molar-refractivity contribution in [3.05, 3.63) is 58.0 Å². The van der Waals surface area contributed by atoms with E-state index in [-0.39, 0.29) is 5.69 Å². The Morgan fingerprint density at radius 1 is 1.09 bits per heavy atom. The van der Waals surface area contributed by atoms with Gasteiger partial charge in [-0.25, -0.2) is 13.2 Å². The summed E-state index contributed by atoms with van der Waals surface area (Å²) in [4.78, 5) is 12.5. The van der Waals surface area contributed by atoms with Crippen LogP contribution in [0, 0.1) is 20.8 Å². The van der Waals surface area contributed by atoms with Crippen LogP contribution in [0.3, 0.4) is 0 Å². The molecular weight excluding hydrogens is 466 g/mol. The summed E-state index contributed by atoms with van der Waals surface area (Å²) < 4.78 is 40.6. The number of benzene rings is 2. The highest BCUT2D eigenvalue weighted by atomic mass is 32.2. The van der Waals surface area contributed by atoms with Crippen LogP contribution in [0.4, 0.5) is 5.69 Å². The molecule has 7 nitrogen and oxygen atoms in total. The first-order chi connectivity index (χ1) is 16.3. The third-order valence-corrected chi connectivity index (χ3v) is 6.86. The predicted octanol–water partition coefficient (Wildman–Crippen LogP) is 6.04. The molecule has 190 valence electrons. The molecular formula is C27H35NO6S. The Hall–Kier alpha value is -2.84. The maximum Gasteiger partial charge on any atom is 0.337 e. The Morgan fingerprint density at radius 3 is 2.34 bits per heavy atom. The van der Waals surface area contributed by atoms with Gasteiger partial charge in [0.25, 0.3) is 10.0 Å². The van der Waals surface area contributed by atoms with Crippen LogP contribution in [0.5, 0.6) is 5.75 Å². The molecule has 0 saturated carbocycles. The molecule has 0 aromatic heterocycles. The lowest BCUT2D eigenvalue weighted by molar-refractivity contribution is -0.160. The zero-order valence-corrected chi connectivity index (χ0v) is 22.1. The van der Waals surface area contributed by atoms with Gasteiger partial charge in [0, 0.05) is 16.5 Å². The molecule has 3 rings (SSSR count). The SMILES string of the molecule is Cc1ccc(-c2c(C)c3c(c(C)c2[C@H](OC(C)(C)C)C(=O)O)NS(=O)(=O)/C=C/CCCCO3)cc1. The topological polar surface area (TPSA) is 102 Å². The van der Waals surface area contributed by atoms with Crippen molar-refractivity contribution in [3.8, 4) is 16.9 Å². The van der Waals surface area contributed by atoms with Gasteiger partial charge in [0.1, 0.15) is 5.75 Å². The normalized spacial score (nSPS) is 17.8. The quantitative estimate of drug-likeness (QED) is 0.530.